The van der Waals surface area contributed by atoms with E-state index in [1.54, 1.807) is 37.3 Å². The Labute approximate surface area is 247 Å². The van der Waals surface area contributed by atoms with Crippen LogP contribution in [0, 0.1) is 6.92 Å². The number of rotatable bonds is 10. The van der Waals surface area contributed by atoms with E-state index in [4.69, 9.17) is 5.73 Å². The zero-order valence-electron chi connectivity index (χ0n) is 23.6. The second kappa shape index (κ2) is 13.6. The minimum Gasteiger partial charge on any atom is -0.342 e. The third-order valence-electron chi connectivity index (χ3n) is 7.36. The highest BCUT2D eigenvalue weighted by molar-refractivity contribution is 6.00. The van der Waals surface area contributed by atoms with Gasteiger partial charge in [-0.05, 0) is 48.7 Å². The van der Waals surface area contributed by atoms with Crippen molar-refractivity contribution in [2.24, 2.45) is 5.73 Å². The smallest absolute Gasteiger partial charge is 0.342 e. The van der Waals surface area contributed by atoms with E-state index in [0.29, 0.717) is 11.1 Å². The highest BCUT2D eigenvalue weighted by atomic mass is 19.4. The number of nitrogens with two attached hydrogens (primary N) is 1. The zero-order chi connectivity index (χ0) is 31.1. The Kier molecular flexibility index (Phi) is 9.97. The van der Waals surface area contributed by atoms with Crippen molar-refractivity contribution >= 4 is 29.2 Å². The summed E-state index contributed by atoms with van der Waals surface area (Å²) in [5.74, 6) is -2.13. The number of amides is 3. The van der Waals surface area contributed by atoms with Gasteiger partial charge in [0.05, 0.1) is 11.3 Å². The average molecular weight is 595 g/mol. The maximum Gasteiger partial charge on any atom is 0.418 e. The number of hydrogen-bond acceptors (Lipinski definition) is 5. The Morgan fingerprint density at radius 2 is 1.63 bits per heavy atom. The third-order valence-corrected chi connectivity index (χ3v) is 7.36. The minimum atomic E-state index is -4.71. The summed E-state index contributed by atoms with van der Waals surface area (Å²) < 4.78 is 40.7. The molecular weight excluding hydrogens is 561 g/mol. The van der Waals surface area contributed by atoms with Crippen LogP contribution in [0.15, 0.2) is 72.8 Å². The van der Waals surface area contributed by atoms with Crippen molar-refractivity contribution in [2.45, 2.75) is 57.4 Å². The van der Waals surface area contributed by atoms with Gasteiger partial charge in [0.25, 0.3) is 0 Å². The molecule has 4 N–H and O–H groups in total. The number of anilines is 1. The highest BCUT2D eigenvalue weighted by Crippen LogP contribution is 2.35. The molecule has 3 aromatic rings. The fraction of sp³-hybridized carbons (Fsp3) is 0.312. The van der Waals surface area contributed by atoms with Gasteiger partial charge in [0.2, 0.25) is 17.7 Å². The molecule has 0 bridgehead atoms. The van der Waals surface area contributed by atoms with Gasteiger partial charge in [-0.1, -0.05) is 60.7 Å². The Morgan fingerprint density at radius 1 is 0.953 bits per heavy atom. The summed E-state index contributed by atoms with van der Waals surface area (Å²) in [7, 11) is 0. The van der Waals surface area contributed by atoms with Crippen molar-refractivity contribution < 1.29 is 32.3 Å². The van der Waals surface area contributed by atoms with Crippen LogP contribution in [0.25, 0.3) is 0 Å². The normalized spacial score (nSPS) is 15.3. The van der Waals surface area contributed by atoms with E-state index >= 15 is 0 Å². The van der Waals surface area contributed by atoms with Gasteiger partial charge in [0.1, 0.15) is 12.1 Å². The van der Waals surface area contributed by atoms with E-state index in [-0.39, 0.29) is 44.6 Å². The van der Waals surface area contributed by atoms with Gasteiger partial charge < -0.3 is 21.3 Å². The largest absolute Gasteiger partial charge is 0.418 e. The number of Topliss-reactive ketones (excluding diaryl/α,β-unsaturated/α-hetero) is 1. The molecule has 4 rings (SSSR count). The molecule has 0 fully saturated rings. The number of ketones is 1. The summed E-state index contributed by atoms with van der Waals surface area (Å²) in [4.78, 5) is 54.2. The number of fused-ring (bicyclic) bond motifs is 1. The van der Waals surface area contributed by atoms with E-state index in [2.05, 4.69) is 10.6 Å². The van der Waals surface area contributed by atoms with Crippen molar-refractivity contribution in [2.75, 3.05) is 11.9 Å². The number of nitrogens with zero attached hydrogens (tertiary/aromatic N) is 1. The number of carbonyl (C=O) groups excluding carboxylic acids is 4. The quantitative estimate of drug-likeness (QED) is 0.301. The number of alkyl halides is 3. The van der Waals surface area contributed by atoms with E-state index in [1.807, 2.05) is 24.3 Å². The van der Waals surface area contributed by atoms with Gasteiger partial charge in [0.15, 0.2) is 5.78 Å². The molecule has 0 unspecified atom stereocenters. The van der Waals surface area contributed by atoms with Crippen LogP contribution in [-0.4, -0.2) is 47.0 Å². The van der Waals surface area contributed by atoms with Crippen LogP contribution >= 0.6 is 0 Å². The van der Waals surface area contributed by atoms with Crippen LogP contribution in [0.5, 0.6) is 0 Å². The van der Waals surface area contributed by atoms with Gasteiger partial charge in [-0.15, -0.1) is 0 Å². The molecule has 1 aliphatic heterocycles. The van der Waals surface area contributed by atoms with Crippen LogP contribution in [-0.2, 0) is 33.5 Å². The first-order valence-corrected chi connectivity index (χ1v) is 13.9. The van der Waals surface area contributed by atoms with Gasteiger partial charge in [-0.2, -0.15) is 13.2 Å². The number of benzene rings is 3. The second-order valence-corrected chi connectivity index (χ2v) is 10.5. The lowest BCUT2D eigenvalue weighted by atomic mass is 9.92. The lowest BCUT2D eigenvalue weighted by Gasteiger charge is -2.36. The highest BCUT2D eigenvalue weighted by Gasteiger charge is 2.37. The molecule has 3 amide bonds. The summed E-state index contributed by atoms with van der Waals surface area (Å²) in [5, 5.41) is 4.92. The van der Waals surface area contributed by atoms with E-state index in [0.717, 1.165) is 17.2 Å². The zero-order valence-corrected chi connectivity index (χ0v) is 23.6. The Bertz CT molecular complexity index is 1490. The lowest BCUT2D eigenvalue weighted by molar-refractivity contribution is -0.142. The molecule has 0 radical (unpaired) electrons. The van der Waals surface area contributed by atoms with Crippen molar-refractivity contribution in [3.8, 4) is 0 Å². The molecule has 0 saturated heterocycles. The third kappa shape index (κ3) is 7.86. The monoisotopic (exact) mass is 594 g/mol. The Balaban J connectivity index is 1.52. The average Bonchev–Trinajstić information content (AvgIpc) is 2.98. The predicted octanol–water partition coefficient (Wildman–Crippen LogP) is 4.40. The summed E-state index contributed by atoms with van der Waals surface area (Å²) in [5.41, 5.74) is 6.92. The van der Waals surface area contributed by atoms with Crippen molar-refractivity contribution in [3.05, 3.63) is 101 Å². The van der Waals surface area contributed by atoms with E-state index in [9.17, 15) is 32.3 Å². The molecule has 0 spiro atoms. The van der Waals surface area contributed by atoms with Crippen LogP contribution in [0.2, 0.25) is 0 Å². The Morgan fingerprint density at radius 3 is 2.30 bits per heavy atom. The van der Waals surface area contributed by atoms with Gasteiger partial charge >= 0.3 is 6.18 Å². The number of nitrogens with one attached hydrogen (secondary N) is 2. The summed E-state index contributed by atoms with van der Waals surface area (Å²) in [6.07, 6.45) is -4.77. The first-order chi connectivity index (χ1) is 20.5. The first kappa shape index (κ1) is 31.4. The molecule has 3 aromatic carbocycles. The van der Waals surface area contributed by atoms with E-state index < -0.39 is 47.2 Å². The number of carbonyl (C=O) groups is 4. The fourth-order valence-corrected chi connectivity index (χ4v) is 5.08. The number of hydrogen-bond donors (Lipinski definition) is 3. The molecule has 1 aliphatic rings. The van der Waals surface area contributed by atoms with Crippen LogP contribution in [0.1, 0.15) is 51.9 Å². The number of halogens is 3. The first-order valence-electron chi connectivity index (χ1n) is 13.9. The summed E-state index contributed by atoms with van der Waals surface area (Å²) in [6.45, 7) is 1.68. The molecule has 226 valence electrons. The molecule has 8 nitrogen and oxygen atoms in total. The molecule has 2 atom stereocenters. The maximum absolute atomic E-state index is 13.6. The maximum atomic E-state index is 13.6. The molecule has 0 aromatic heterocycles. The molecule has 0 saturated carbocycles. The minimum absolute atomic E-state index is 0.0317. The predicted molar refractivity (Wildman–Crippen MR) is 155 cm³/mol. The second-order valence-electron chi connectivity index (χ2n) is 10.5. The van der Waals surface area contributed by atoms with Gasteiger partial charge in [-0.3, -0.25) is 19.2 Å². The molecule has 43 heavy (non-hydrogen) atoms. The van der Waals surface area contributed by atoms with E-state index in [1.165, 1.54) is 17.0 Å². The summed E-state index contributed by atoms with van der Waals surface area (Å²) >= 11 is 0. The van der Waals surface area contributed by atoms with Crippen molar-refractivity contribution in [3.63, 3.8) is 0 Å². The van der Waals surface area contributed by atoms with Crippen LogP contribution < -0.4 is 16.4 Å². The van der Waals surface area contributed by atoms with Gasteiger partial charge in [0, 0.05) is 31.4 Å². The van der Waals surface area contributed by atoms with Crippen LogP contribution in [0.4, 0.5) is 18.9 Å². The molecular formula is C32H33F3N4O4. The van der Waals surface area contributed by atoms with Gasteiger partial charge in [-0.25, -0.2) is 0 Å². The fourth-order valence-electron chi connectivity index (χ4n) is 5.08. The van der Waals surface area contributed by atoms with Crippen LogP contribution in [0.3, 0.4) is 0 Å². The lowest BCUT2D eigenvalue weighted by Crippen LogP contribution is -2.56. The molecule has 1 heterocycles. The standard InChI is InChI=1S/C32H33F3N4O4/c1-20-11-12-24(32(33,34)35)26(17-20)38-30(42)25(15-16-36)37-31(43)27-18-22-9-5-6-10-23(22)19-39(27)29(41)14-13-28(40)21-7-3-2-4-8-21/h2-12,17,25,27H,13-16,18-19,36H2,1H3,(H,37,43)(H,38,42)/t25-,27-/m0/s1. The summed E-state index contributed by atoms with van der Waals surface area (Å²) in [6, 6.07) is 17.0. The topological polar surface area (TPSA) is 122 Å². The van der Waals surface area contributed by atoms with Crippen molar-refractivity contribution in [1.29, 1.82) is 0 Å². The van der Waals surface area contributed by atoms with Crippen molar-refractivity contribution in [1.82, 2.24) is 10.2 Å². The molecule has 11 heteroatoms. The SMILES string of the molecule is Cc1ccc(C(F)(F)F)c(NC(=O)[C@H](CCN)NC(=O)[C@@H]2Cc3ccccc3CN2C(=O)CCC(=O)c2ccccc2)c1. The number of aryl methyl sites for hydroxylation is 1. The molecule has 0 aliphatic carbocycles. The Hall–Kier alpha value is -4.51.